The summed E-state index contributed by atoms with van der Waals surface area (Å²) in [6.45, 7) is 7.05. The van der Waals surface area contributed by atoms with Crippen molar-refractivity contribution < 1.29 is 0 Å². The highest BCUT2D eigenvalue weighted by atomic mass is 32.2. The number of nitrogens with two attached hydrogens (primary N) is 1. The van der Waals surface area contributed by atoms with Gasteiger partial charge in [-0.15, -0.1) is 0 Å². The Morgan fingerprint density at radius 1 is 0.889 bits per heavy atom. The summed E-state index contributed by atoms with van der Waals surface area (Å²) in [6.07, 6.45) is 0. The van der Waals surface area contributed by atoms with Crippen LogP contribution in [-0.2, 0) is 6.54 Å². The second kappa shape index (κ2) is 5.59. The van der Waals surface area contributed by atoms with Crippen LogP contribution in [-0.4, -0.2) is 0 Å². The van der Waals surface area contributed by atoms with Gasteiger partial charge in [-0.2, -0.15) is 0 Å². The van der Waals surface area contributed by atoms with Crippen LogP contribution in [0.15, 0.2) is 46.2 Å². The maximum Gasteiger partial charge on any atom is 0.0178 e. The minimum absolute atomic E-state index is 0.607. The molecule has 0 aliphatic carbocycles. The highest BCUT2D eigenvalue weighted by molar-refractivity contribution is 7.99. The SMILES string of the molecule is Cc1ccc(Sc2ccc(CN)cc2C)cc1C. The first-order valence-electron chi connectivity index (χ1n) is 6.15. The quantitative estimate of drug-likeness (QED) is 0.891. The second-order valence-corrected chi connectivity index (χ2v) is 5.77. The van der Waals surface area contributed by atoms with Crippen molar-refractivity contribution in [3.8, 4) is 0 Å². The van der Waals surface area contributed by atoms with Crippen LogP contribution in [0.4, 0.5) is 0 Å². The first-order chi connectivity index (χ1) is 8.60. The lowest BCUT2D eigenvalue weighted by Crippen LogP contribution is -1.96. The van der Waals surface area contributed by atoms with Crippen molar-refractivity contribution in [3.05, 3.63) is 58.7 Å². The van der Waals surface area contributed by atoms with E-state index in [0.29, 0.717) is 6.54 Å². The molecule has 2 aromatic carbocycles. The molecule has 18 heavy (non-hydrogen) atoms. The van der Waals surface area contributed by atoms with Crippen LogP contribution in [0.2, 0.25) is 0 Å². The Morgan fingerprint density at radius 3 is 2.28 bits per heavy atom. The lowest BCUT2D eigenvalue weighted by molar-refractivity contribution is 1.05. The molecule has 1 nitrogen and oxygen atoms in total. The molecule has 0 aliphatic heterocycles. The second-order valence-electron chi connectivity index (χ2n) is 4.65. The van der Waals surface area contributed by atoms with Gasteiger partial charge in [0.1, 0.15) is 0 Å². The summed E-state index contributed by atoms with van der Waals surface area (Å²) in [5.74, 6) is 0. The van der Waals surface area contributed by atoms with Crippen LogP contribution in [0.1, 0.15) is 22.3 Å². The molecule has 0 heterocycles. The molecule has 0 atom stereocenters. The van der Waals surface area contributed by atoms with Crippen LogP contribution in [0.3, 0.4) is 0 Å². The summed E-state index contributed by atoms with van der Waals surface area (Å²) in [5.41, 5.74) is 10.8. The van der Waals surface area contributed by atoms with Gasteiger partial charge in [-0.3, -0.25) is 0 Å². The smallest absolute Gasteiger partial charge is 0.0178 e. The van der Waals surface area contributed by atoms with Gasteiger partial charge in [0.2, 0.25) is 0 Å². The molecular formula is C16H19NS. The van der Waals surface area contributed by atoms with Crippen LogP contribution < -0.4 is 5.73 Å². The fourth-order valence-corrected chi connectivity index (χ4v) is 2.84. The molecule has 0 aliphatic rings. The third-order valence-corrected chi connectivity index (χ3v) is 4.35. The van der Waals surface area contributed by atoms with Gasteiger partial charge >= 0.3 is 0 Å². The minimum atomic E-state index is 0.607. The molecule has 0 unspecified atom stereocenters. The molecule has 0 aromatic heterocycles. The normalized spacial score (nSPS) is 10.7. The highest BCUT2D eigenvalue weighted by Gasteiger charge is 2.03. The number of hydrogen-bond donors (Lipinski definition) is 1. The monoisotopic (exact) mass is 257 g/mol. The molecule has 0 amide bonds. The topological polar surface area (TPSA) is 26.0 Å². The zero-order valence-corrected chi connectivity index (χ0v) is 12.0. The Hall–Kier alpha value is -1.25. The van der Waals surface area contributed by atoms with Crippen molar-refractivity contribution in [1.82, 2.24) is 0 Å². The van der Waals surface area contributed by atoms with Gasteiger partial charge in [-0.1, -0.05) is 30.0 Å². The van der Waals surface area contributed by atoms with E-state index in [-0.39, 0.29) is 0 Å². The maximum atomic E-state index is 5.65. The predicted molar refractivity (Wildman–Crippen MR) is 79.1 cm³/mol. The van der Waals surface area contributed by atoms with Gasteiger partial charge in [0.25, 0.3) is 0 Å². The Kier molecular flexibility index (Phi) is 4.10. The Labute approximate surface area is 113 Å². The Balaban J connectivity index is 2.25. The molecule has 2 heteroatoms. The zero-order valence-electron chi connectivity index (χ0n) is 11.2. The molecular weight excluding hydrogens is 238 g/mol. The summed E-state index contributed by atoms with van der Waals surface area (Å²) < 4.78 is 0. The molecule has 2 aromatic rings. The number of rotatable bonds is 3. The Morgan fingerprint density at radius 2 is 1.67 bits per heavy atom. The number of hydrogen-bond acceptors (Lipinski definition) is 2. The maximum absolute atomic E-state index is 5.65. The first-order valence-corrected chi connectivity index (χ1v) is 6.96. The molecule has 94 valence electrons. The van der Waals surface area contributed by atoms with Gasteiger partial charge < -0.3 is 5.73 Å². The molecule has 0 bridgehead atoms. The fourth-order valence-electron chi connectivity index (χ4n) is 1.86. The molecule has 0 spiro atoms. The van der Waals surface area contributed by atoms with E-state index in [1.807, 2.05) is 11.8 Å². The molecule has 2 N–H and O–H groups in total. The van der Waals surface area contributed by atoms with E-state index in [0.717, 1.165) is 0 Å². The van der Waals surface area contributed by atoms with Gasteiger partial charge in [-0.25, -0.2) is 0 Å². The van der Waals surface area contributed by atoms with Crippen LogP contribution in [0.5, 0.6) is 0 Å². The van der Waals surface area contributed by atoms with E-state index in [2.05, 4.69) is 57.2 Å². The van der Waals surface area contributed by atoms with Gasteiger partial charge in [0.15, 0.2) is 0 Å². The predicted octanol–water partition coefficient (Wildman–Crippen LogP) is 4.22. The van der Waals surface area contributed by atoms with Gasteiger partial charge in [0, 0.05) is 16.3 Å². The van der Waals surface area contributed by atoms with E-state index < -0.39 is 0 Å². The molecule has 0 fully saturated rings. The largest absolute Gasteiger partial charge is 0.326 e. The fraction of sp³-hybridized carbons (Fsp3) is 0.250. The summed E-state index contributed by atoms with van der Waals surface area (Å²) >= 11 is 1.82. The van der Waals surface area contributed by atoms with E-state index in [4.69, 9.17) is 5.73 Å². The van der Waals surface area contributed by atoms with Crippen molar-refractivity contribution >= 4 is 11.8 Å². The van der Waals surface area contributed by atoms with Crippen molar-refractivity contribution in [2.24, 2.45) is 5.73 Å². The van der Waals surface area contributed by atoms with E-state index >= 15 is 0 Å². The first kappa shape index (κ1) is 13.2. The number of aryl methyl sites for hydroxylation is 3. The Bertz CT molecular complexity index is 561. The van der Waals surface area contributed by atoms with E-state index in [9.17, 15) is 0 Å². The average Bonchev–Trinajstić information content (AvgIpc) is 2.36. The zero-order chi connectivity index (χ0) is 13.1. The average molecular weight is 257 g/mol. The third-order valence-electron chi connectivity index (χ3n) is 3.18. The van der Waals surface area contributed by atoms with E-state index in [1.165, 1.54) is 32.0 Å². The molecule has 2 rings (SSSR count). The van der Waals surface area contributed by atoms with Crippen molar-refractivity contribution in [2.45, 2.75) is 37.1 Å². The van der Waals surface area contributed by atoms with Gasteiger partial charge in [0.05, 0.1) is 0 Å². The van der Waals surface area contributed by atoms with Crippen LogP contribution in [0.25, 0.3) is 0 Å². The van der Waals surface area contributed by atoms with E-state index in [1.54, 1.807) is 0 Å². The lowest BCUT2D eigenvalue weighted by atomic mass is 10.1. The van der Waals surface area contributed by atoms with Gasteiger partial charge in [-0.05, 0) is 61.2 Å². The van der Waals surface area contributed by atoms with Crippen molar-refractivity contribution in [1.29, 1.82) is 0 Å². The summed E-state index contributed by atoms with van der Waals surface area (Å²) in [4.78, 5) is 2.59. The van der Waals surface area contributed by atoms with Crippen molar-refractivity contribution in [2.75, 3.05) is 0 Å². The molecule has 0 saturated carbocycles. The lowest BCUT2D eigenvalue weighted by Gasteiger charge is -2.09. The standard InChI is InChI=1S/C16H19NS/c1-11-4-6-15(9-12(11)2)18-16-7-5-14(10-17)8-13(16)3/h4-9H,10,17H2,1-3H3. The van der Waals surface area contributed by atoms with Crippen molar-refractivity contribution in [3.63, 3.8) is 0 Å². The highest BCUT2D eigenvalue weighted by Crippen LogP contribution is 2.31. The minimum Gasteiger partial charge on any atom is -0.326 e. The molecule has 0 saturated heterocycles. The number of benzene rings is 2. The summed E-state index contributed by atoms with van der Waals surface area (Å²) in [6, 6.07) is 13.1. The molecule has 0 radical (unpaired) electrons. The third kappa shape index (κ3) is 2.95. The van der Waals surface area contributed by atoms with Crippen LogP contribution >= 0.6 is 11.8 Å². The van der Waals surface area contributed by atoms with Crippen LogP contribution in [0, 0.1) is 20.8 Å². The summed E-state index contributed by atoms with van der Waals surface area (Å²) in [5, 5.41) is 0. The summed E-state index contributed by atoms with van der Waals surface area (Å²) in [7, 11) is 0.